The van der Waals surface area contributed by atoms with Crippen molar-refractivity contribution in [1.29, 1.82) is 0 Å². The summed E-state index contributed by atoms with van der Waals surface area (Å²) >= 11 is 3.51. The van der Waals surface area contributed by atoms with Crippen LogP contribution in [0, 0.1) is 6.92 Å². The molecule has 2 aromatic rings. The molecular weight excluding hydrogens is 264 g/mol. The van der Waals surface area contributed by atoms with E-state index in [9.17, 15) is 0 Å². The van der Waals surface area contributed by atoms with Crippen molar-refractivity contribution in [1.82, 2.24) is 0 Å². The number of benzene rings is 2. The molecule has 0 N–H and O–H groups in total. The molecule has 0 aliphatic carbocycles. The van der Waals surface area contributed by atoms with E-state index in [1.54, 1.807) is 7.11 Å². The number of hydrogen-bond acceptors (Lipinski definition) is 1. The monoisotopic (exact) mass is 276 g/mol. The lowest BCUT2D eigenvalue weighted by Crippen LogP contribution is -1.88. The van der Waals surface area contributed by atoms with Crippen LogP contribution in [0.1, 0.15) is 5.56 Å². The first-order valence-corrected chi connectivity index (χ1v) is 5.91. The lowest BCUT2D eigenvalue weighted by atomic mass is 10.0. The SMILES string of the molecule is COc1ccccc1-c1ccc(Br)c(C)c1. The van der Waals surface area contributed by atoms with Crippen LogP contribution in [0.3, 0.4) is 0 Å². The van der Waals surface area contributed by atoms with Gasteiger partial charge in [0.15, 0.2) is 0 Å². The average Bonchev–Trinajstić information content (AvgIpc) is 2.32. The van der Waals surface area contributed by atoms with Gasteiger partial charge in [0.25, 0.3) is 0 Å². The van der Waals surface area contributed by atoms with E-state index in [0.29, 0.717) is 0 Å². The Morgan fingerprint density at radius 3 is 2.50 bits per heavy atom. The first kappa shape index (κ1) is 11.2. The number of ether oxygens (including phenoxy) is 1. The summed E-state index contributed by atoms with van der Waals surface area (Å²) in [4.78, 5) is 0. The maximum absolute atomic E-state index is 5.36. The van der Waals surface area contributed by atoms with Crippen LogP contribution < -0.4 is 4.74 Å². The van der Waals surface area contributed by atoms with Crippen LogP contribution in [0.15, 0.2) is 46.9 Å². The van der Waals surface area contributed by atoms with Gasteiger partial charge in [0.2, 0.25) is 0 Å². The van der Waals surface area contributed by atoms with Gasteiger partial charge in [-0.1, -0.05) is 46.3 Å². The van der Waals surface area contributed by atoms with Gasteiger partial charge in [-0.25, -0.2) is 0 Å². The van der Waals surface area contributed by atoms with Crippen LogP contribution >= 0.6 is 15.9 Å². The van der Waals surface area contributed by atoms with Crippen molar-refractivity contribution in [3.63, 3.8) is 0 Å². The van der Waals surface area contributed by atoms with Gasteiger partial charge >= 0.3 is 0 Å². The first-order chi connectivity index (χ1) is 7.72. The molecule has 0 amide bonds. The van der Waals surface area contributed by atoms with E-state index in [-0.39, 0.29) is 0 Å². The highest BCUT2D eigenvalue weighted by Crippen LogP contribution is 2.31. The second-order valence-corrected chi connectivity index (χ2v) is 4.52. The summed E-state index contributed by atoms with van der Waals surface area (Å²) in [5.41, 5.74) is 3.53. The van der Waals surface area contributed by atoms with E-state index in [4.69, 9.17) is 4.74 Å². The number of para-hydroxylation sites is 1. The summed E-state index contributed by atoms with van der Waals surface area (Å²) in [6, 6.07) is 14.4. The van der Waals surface area contributed by atoms with Crippen LogP contribution in [-0.4, -0.2) is 7.11 Å². The van der Waals surface area contributed by atoms with E-state index >= 15 is 0 Å². The molecule has 0 heterocycles. The number of halogens is 1. The Bertz CT molecular complexity index is 506. The van der Waals surface area contributed by atoms with Crippen molar-refractivity contribution in [3.8, 4) is 16.9 Å². The molecule has 16 heavy (non-hydrogen) atoms. The second kappa shape index (κ2) is 4.71. The Balaban J connectivity index is 2.54. The fraction of sp³-hybridized carbons (Fsp3) is 0.143. The zero-order valence-corrected chi connectivity index (χ0v) is 10.9. The second-order valence-electron chi connectivity index (χ2n) is 3.66. The molecule has 0 spiro atoms. The summed E-state index contributed by atoms with van der Waals surface area (Å²) in [7, 11) is 1.70. The zero-order chi connectivity index (χ0) is 11.5. The predicted octanol–water partition coefficient (Wildman–Crippen LogP) is 4.43. The van der Waals surface area contributed by atoms with Crippen LogP contribution in [0.2, 0.25) is 0 Å². The summed E-state index contributed by atoms with van der Waals surface area (Å²) in [5, 5.41) is 0. The van der Waals surface area contributed by atoms with Crippen molar-refractivity contribution < 1.29 is 4.74 Å². The molecule has 0 aliphatic rings. The third-order valence-electron chi connectivity index (χ3n) is 2.58. The first-order valence-electron chi connectivity index (χ1n) is 5.12. The number of methoxy groups -OCH3 is 1. The van der Waals surface area contributed by atoms with E-state index in [0.717, 1.165) is 15.8 Å². The quantitative estimate of drug-likeness (QED) is 0.788. The molecule has 82 valence electrons. The Kier molecular flexibility index (Phi) is 3.30. The van der Waals surface area contributed by atoms with Crippen molar-refractivity contribution in [3.05, 3.63) is 52.5 Å². The molecular formula is C14H13BrO. The fourth-order valence-corrected chi connectivity index (χ4v) is 1.94. The van der Waals surface area contributed by atoms with E-state index in [1.165, 1.54) is 11.1 Å². The third kappa shape index (κ3) is 2.12. The van der Waals surface area contributed by atoms with E-state index < -0.39 is 0 Å². The molecule has 0 saturated carbocycles. The van der Waals surface area contributed by atoms with Crippen molar-refractivity contribution >= 4 is 15.9 Å². The minimum Gasteiger partial charge on any atom is -0.496 e. The summed E-state index contributed by atoms with van der Waals surface area (Å²) in [6.07, 6.45) is 0. The molecule has 2 rings (SSSR count). The molecule has 0 aliphatic heterocycles. The topological polar surface area (TPSA) is 9.23 Å². The van der Waals surface area contributed by atoms with Gasteiger partial charge in [-0.2, -0.15) is 0 Å². The molecule has 0 unspecified atom stereocenters. The van der Waals surface area contributed by atoms with Gasteiger partial charge in [0, 0.05) is 10.0 Å². The van der Waals surface area contributed by atoms with Crippen molar-refractivity contribution in [2.45, 2.75) is 6.92 Å². The number of hydrogen-bond donors (Lipinski definition) is 0. The van der Waals surface area contributed by atoms with Crippen LogP contribution in [-0.2, 0) is 0 Å². The highest BCUT2D eigenvalue weighted by molar-refractivity contribution is 9.10. The van der Waals surface area contributed by atoms with Crippen LogP contribution in [0.4, 0.5) is 0 Å². The molecule has 0 radical (unpaired) electrons. The average molecular weight is 277 g/mol. The maximum atomic E-state index is 5.36. The van der Waals surface area contributed by atoms with Crippen LogP contribution in [0.5, 0.6) is 5.75 Å². The lowest BCUT2D eigenvalue weighted by Gasteiger charge is -2.09. The molecule has 2 heteroatoms. The minimum atomic E-state index is 0.907. The summed E-state index contributed by atoms with van der Waals surface area (Å²) < 4.78 is 6.49. The van der Waals surface area contributed by atoms with Gasteiger partial charge in [-0.15, -0.1) is 0 Å². The maximum Gasteiger partial charge on any atom is 0.126 e. The highest BCUT2D eigenvalue weighted by atomic mass is 79.9. The predicted molar refractivity (Wildman–Crippen MR) is 70.9 cm³/mol. The van der Waals surface area contributed by atoms with Crippen LogP contribution in [0.25, 0.3) is 11.1 Å². The Hall–Kier alpha value is -1.28. The van der Waals surface area contributed by atoms with E-state index in [1.807, 2.05) is 18.2 Å². The zero-order valence-electron chi connectivity index (χ0n) is 9.33. The van der Waals surface area contributed by atoms with Gasteiger partial charge in [0.1, 0.15) is 5.75 Å². The van der Waals surface area contributed by atoms with Gasteiger partial charge < -0.3 is 4.74 Å². The molecule has 0 aromatic heterocycles. The minimum absolute atomic E-state index is 0.907. The Morgan fingerprint density at radius 1 is 1.06 bits per heavy atom. The Labute approximate surface area is 104 Å². The summed E-state index contributed by atoms with van der Waals surface area (Å²) in [6.45, 7) is 2.09. The number of rotatable bonds is 2. The molecule has 0 saturated heterocycles. The van der Waals surface area contributed by atoms with Gasteiger partial charge in [-0.05, 0) is 30.2 Å². The Morgan fingerprint density at radius 2 is 1.81 bits per heavy atom. The molecule has 1 nitrogen and oxygen atoms in total. The molecule has 2 aromatic carbocycles. The summed E-state index contributed by atoms with van der Waals surface area (Å²) in [5.74, 6) is 0.907. The van der Waals surface area contributed by atoms with Gasteiger partial charge in [-0.3, -0.25) is 0 Å². The van der Waals surface area contributed by atoms with Gasteiger partial charge in [0.05, 0.1) is 7.11 Å². The smallest absolute Gasteiger partial charge is 0.126 e. The van der Waals surface area contributed by atoms with Crippen molar-refractivity contribution in [2.75, 3.05) is 7.11 Å². The largest absolute Gasteiger partial charge is 0.496 e. The van der Waals surface area contributed by atoms with E-state index in [2.05, 4.69) is 47.1 Å². The normalized spacial score (nSPS) is 10.2. The fourth-order valence-electron chi connectivity index (χ4n) is 1.70. The van der Waals surface area contributed by atoms with Crippen molar-refractivity contribution in [2.24, 2.45) is 0 Å². The highest BCUT2D eigenvalue weighted by Gasteiger charge is 2.05. The standard InChI is InChI=1S/C14H13BrO/c1-10-9-11(7-8-13(10)15)12-5-3-4-6-14(12)16-2/h3-9H,1-2H3. The molecule has 0 bridgehead atoms. The molecule has 0 fully saturated rings. The lowest BCUT2D eigenvalue weighted by molar-refractivity contribution is 0.416. The number of aryl methyl sites for hydroxylation is 1. The third-order valence-corrected chi connectivity index (χ3v) is 3.47. The molecule has 0 atom stereocenters.